The number of ether oxygens (including phenoxy) is 1. The Morgan fingerprint density at radius 3 is 2.63 bits per heavy atom. The normalized spacial score (nSPS) is 12.9. The molecule has 2 N–H and O–H groups in total. The van der Waals surface area contributed by atoms with Crippen molar-refractivity contribution >= 4 is 11.4 Å². The summed E-state index contributed by atoms with van der Waals surface area (Å²) in [5.41, 5.74) is -0.646. The average molecular weight is 280 g/mol. The minimum Gasteiger partial charge on any atom is -0.490 e. The average Bonchev–Trinajstić information content (AvgIpc) is 2.33. The molecular weight excluding hydrogens is 269 g/mol. The molecule has 0 saturated carbocycles. The van der Waals surface area contributed by atoms with E-state index in [0.717, 1.165) is 0 Å². The van der Waals surface area contributed by atoms with Crippen LogP contribution in [-0.2, 0) is 0 Å². The second-order valence-electron chi connectivity index (χ2n) is 3.55. The number of alkyl halides is 3. The van der Waals surface area contributed by atoms with E-state index in [-0.39, 0.29) is 11.4 Å². The van der Waals surface area contributed by atoms with Crippen LogP contribution in [0.1, 0.15) is 0 Å². The van der Waals surface area contributed by atoms with Crippen LogP contribution in [-0.4, -0.2) is 36.0 Å². The molecule has 0 aliphatic heterocycles. The fourth-order valence-corrected chi connectivity index (χ4v) is 1.34. The molecule has 9 heteroatoms. The SMILES string of the molecule is COc1cccc(NCC(O)C(F)(F)F)c1[N+](=O)[O-]. The van der Waals surface area contributed by atoms with E-state index in [2.05, 4.69) is 5.32 Å². The van der Waals surface area contributed by atoms with Gasteiger partial charge in [0.25, 0.3) is 0 Å². The molecule has 1 atom stereocenters. The lowest BCUT2D eigenvalue weighted by atomic mass is 10.2. The number of aliphatic hydroxyl groups excluding tert-OH is 1. The summed E-state index contributed by atoms with van der Waals surface area (Å²) in [6.07, 6.45) is -7.40. The Labute approximate surface area is 105 Å². The van der Waals surface area contributed by atoms with Crippen molar-refractivity contribution in [3.63, 3.8) is 0 Å². The summed E-state index contributed by atoms with van der Waals surface area (Å²) in [6, 6.07) is 3.92. The Bertz CT molecular complexity index is 465. The number of benzene rings is 1. The van der Waals surface area contributed by atoms with Gasteiger partial charge in [0.1, 0.15) is 5.69 Å². The van der Waals surface area contributed by atoms with E-state index in [4.69, 9.17) is 9.84 Å². The van der Waals surface area contributed by atoms with Gasteiger partial charge in [0.15, 0.2) is 11.9 Å². The van der Waals surface area contributed by atoms with Gasteiger partial charge in [-0.1, -0.05) is 6.07 Å². The molecule has 1 aromatic rings. The fraction of sp³-hybridized carbons (Fsp3) is 0.400. The van der Waals surface area contributed by atoms with Crippen molar-refractivity contribution < 1.29 is 27.9 Å². The number of methoxy groups -OCH3 is 1. The Morgan fingerprint density at radius 1 is 1.53 bits per heavy atom. The van der Waals surface area contributed by atoms with Crippen LogP contribution >= 0.6 is 0 Å². The highest BCUT2D eigenvalue weighted by molar-refractivity contribution is 5.68. The number of halogens is 3. The molecule has 1 unspecified atom stereocenters. The van der Waals surface area contributed by atoms with Gasteiger partial charge in [0.2, 0.25) is 0 Å². The van der Waals surface area contributed by atoms with Crippen LogP contribution in [0.3, 0.4) is 0 Å². The standard InChI is InChI=1S/C10H11F3N2O4/c1-19-7-4-2-3-6(9(7)15(17)18)14-5-8(16)10(11,12)13/h2-4,8,14,16H,5H2,1H3. The third-order valence-electron chi connectivity index (χ3n) is 2.27. The zero-order valence-corrected chi connectivity index (χ0v) is 9.77. The third kappa shape index (κ3) is 3.71. The van der Waals surface area contributed by atoms with Gasteiger partial charge in [-0.25, -0.2) is 0 Å². The highest BCUT2D eigenvalue weighted by atomic mass is 19.4. The number of nitrogens with zero attached hydrogens (tertiary/aromatic N) is 1. The zero-order chi connectivity index (χ0) is 14.6. The number of hydrogen-bond donors (Lipinski definition) is 2. The topological polar surface area (TPSA) is 84.6 Å². The maximum Gasteiger partial charge on any atom is 0.416 e. The van der Waals surface area contributed by atoms with Crippen LogP contribution in [0.4, 0.5) is 24.5 Å². The van der Waals surface area contributed by atoms with Gasteiger partial charge in [-0.2, -0.15) is 13.2 Å². The number of nitro groups is 1. The molecule has 0 spiro atoms. The summed E-state index contributed by atoms with van der Waals surface area (Å²) in [7, 11) is 1.21. The summed E-state index contributed by atoms with van der Waals surface area (Å²) < 4.78 is 41.1. The first-order valence-electron chi connectivity index (χ1n) is 5.07. The van der Waals surface area contributed by atoms with Crippen molar-refractivity contribution in [3.8, 4) is 5.75 Å². The molecule has 0 radical (unpaired) electrons. The maximum absolute atomic E-state index is 12.1. The summed E-state index contributed by atoms with van der Waals surface area (Å²) in [5.74, 6) is -0.0866. The maximum atomic E-state index is 12.1. The third-order valence-corrected chi connectivity index (χ3v) is 2.27. The molecule has 6 nitrogen and oxygen atoms in total. The molecule has 0 saturated heterocycles. The van der Waals surface area contributed by atoms with Gasteiger partial charge in [-0.3, -0.25) is 10.1 Å². The highest BCUT2D eigenvalue weighted by Gasteiger charge is 2.38. The molecular formula is C10H11F3N2O4. The van der Waals surface area contributed by atoms with Crippen LogP contribution in [0.15, 0.2) is 18.2 Å². The highest BCUT2D eigenvalue weighted by Crippen LogP contribution is 2.34. The number of hydrogen-bond acceptors (Lipinski definition) is 5. The largest absolute Gasteiger partial charge is 0.490 e. The van der Waals surface area contributed by atoms with E-state index in [1.807, 2.05) is 0 Å². The van der Waals surface area contributed by atoms with Crippen molar-refractivity contribution in [2.45, 2.75) is 12.3 Å². The Balaban J connectivity index is 2.93. The summed E-state index contributed by atoms with van der Waals surface area (Å²) >= 11 is 0. The molecule has 0 amide bonds. The van der Waals surface area contributed by atoms with Crippen molar-refractivity contribution in [1.82, 2.24) is 0 Å². The van der Waals surface area contributed by atoms with Gasteiger partial charge < -0.3 is 15.2 Å². The summed E-state index contributed by atoms with van der Waals surface area (Å²) in [4.78, 5) is 10.1. The van der Waals surface area contributed by atoms with Crippen LogP contribution in [0, 0.1) is 10.1 Å². The number of nitro benzene ring substituents is 1. The Hall–Kier alpha value is -2.03. The first-order chi connectivity index (χ1) is 8.77. The molecule has 0 aliphatic rings. The van der Waals surface area contributed by atoms with Crippen molar-refractivity contribution in [1.29, 1.82) is 0 Å². The first kappa shape index (κ1) is 15.0. The number of nitrogens with one attached hydrogen (secondary N) is 1. The predicted molar refractivity (Wildman–Crippen MR) is 60.2 cm³/mol. The molecule has 0 aliphatic carbocycles. The van der Waals surface area contributed by atoms with Gasteiger partial charge in [0.05, 0.1) is 12.0 Å². The van der Waals surface area contributed by atoms with Gasteiger partial charge in [-0.15, -0.1) is 0 Å². The quantitative estimate of drug-likeness (QED) is 0.636. The second kappa shape index (κ2) is 5.74. The molecule has 19 heavy (non-hydrogen) atoms. The first-order valence-corrected chi connectivity index (χ1v) is 5.07. The lowest BCUT2D eigenvalue weighted by Gasteiger charge is -2.16. The smallest absolute Gasteiger partial charge is 0.416 e. The number of rotatable bonds is 5. The van der Waals surface area contributed by atoms with Crippen LogP contribution in [0.5, 0.6) is 5.75 Å². The van der Waals surface area contributed by atoms with E-state index in [1.54, 1.807) is 0 Å². The number of para-hydroxylation sites is 1. The molecule has 106 valence electrons. The van der Waals surface area contributed by atoms with Crippen LogP contribution in [0.2, 0.25) is 0 Å². The minimum absolute atomic E-state index is 0.0866. The monoisotopic (exact) mass is 280 g/mol. The van der Waals surface area contributed by atoms with Crippen molar-refractivity contribution in [3.05, 3.63) is 28.3 Å². The Kier molecular flexibility index (Phi) is 4.54. The molecule has 0 aromatic heterocycles. The van der Waals surface area contributed by atoms with Gasteiger partial charge in [-0.05, 0) is 12.1 Å². The lowest BCUT2D eigenvalue weighted by Crippen LogP contribution is -2.35. The van der Waals surface area contributed by atoms with Gasteiger partial charge in [0, 0.05) is 6.54 Å². The Morgan fingerprint density at radius 2 is 2.16 bits per heavy atom. The van der Waals surface area contributed by atoms with E-state index in [1.165, 1.54) is 25.3 Å². The fourth-order valence-electron chi connectivity index (χ4n) is 1.34. The van der Waals surface area contributed by atoms with Crippen LogP contribution < -0.4 is 10.1 Å². The second-order valence-corrected chi connectivity index (χ2v) is 3.55. The van der Waals surface area contributed by atoms with Crippen molar-refractivity contribution in [2.24, 2.45) is 0 Å². The number of anilines is 1. The summed E-state index contributed by atoms with van der Waals surface area (Å²) in [5, 5.41) is 21.8. The molecule has 0 heterocycles. The molecule has 0 bridgehead atoms. The predicted octanol–water partition coefficient (Wildman–Crippen LogP) is 1.94. The minimum atomic E-state index is -4.79. The molecule has 1 aromatic carbocycles. The van der Waals surface area contributed by atoms with E-state index >= 15 is 0 Å². The summed E-state index contributed by atoms with van der Waals surface area (Å²) in [6.45, 7) is -0.891. The van der Waals surface area contributed by atoms with Crippen molar-refractivity contribution in [2.75, 3.05) is 19.0 Å². The van der Waals surface area contributed by atoms with E-state index in [0.29, 0.717) is 0 Å². The lowest BCUT2D eigenvalue weighted by molar-refractivity contribution is -0.384. The van der Waals surface area contributed by atoms with Crippen LogP contribution in [0.25, 0.3) is 0 Å². The van der Waals surface area contributed by atoms with Gasteiger partial charge >= 0.3 is 11.9 Å². The molecule has 1 rings (SSSR count). The van der Waals surface area contributed by atoms with E-state index in [9.17, 15) is 23.3 Å². The zero-order valence-electron chi connectivity index (χ0n) is 9.77. The molecule has 0 fully saturated rings. The van der Waals surface area contributed by atoms with E-state index < -0.39 is 29.4 Å². The number of aliphatic hydroxyl groups is 1.